The van der Waals surface area contributed by atoms with Crippen molar-refractivity contribution in [1.82, 2.24) is 5.32 Å². The van der Waals surface area contributed by atoms with Crippen LogP contribution in [0.2, 0.25) is 0 Å². The second kappa shape index (κ2) is 6.75. The van der Waals surface area contributed by atoms with E-state index in [4.69, 9.17) is 9.47 Å². The van der Waals surface area contributed by atoms with E-state index in [1.165, 1.54) is 7.11 Å². The zero-order valence-corrected chi connectivity index (χ0v) is 13.4. The van der Waals surface area contributed by atoms with Crippen LogP contribution in [0, 0.1) is 11.7 Å². The molecular weight excluding hydrogens is 269 g/mol. The summed E-state index contributed by atoms with van der Waals surface area (Å²) in [5.41, 5.74) is 0.973. The number of hydrogen-bond acceptors (Lipinski definition) is 3. The van der Waals surface area contributed by atoms with Gasteiger partial charge in [0, 0.05) is 24.6 Å². The topological polar surface area (TPSA) is 30.5 Å². The first-order valence-corrected chi connectivity index (χ1v) is 7.61. The number of hydrogen-bond donors (Lipinski definition) is 1. The monoisotopic (exact) mass is 295 g/mol. The number of halogens is 1. The minimum atomic E-state index is -0.327. The smallest absolute Gasteiger partial charge is 0.165 e. The average molecular weight is 295 g/mol. The van der Waals surface area contributed by atoms with E-state index in [1.807, 2.05) is 6.07 Å². The number of rotatable bonds is 4. The van der Waals surface area contributed by atoms with Gasteiger partial charge in [0.1, 0.15) is 0 Å². The van der Waals surface area contributed by atoms with Gasteiger partial charge < -0.3 is 14.8 Å². The fraction of sp³-hybridized carbons (Fsp3) is 0.647. The third-order valence-corrected chi connectivity index (χ3v) is 3.84. The first-order valence-electron chi connectivity index (χ1n) is 7.61. The second-order valence-corrected chi connectivity index (χ2v) is 6.72. The Hall–Kier alpha value is -1.13. The molecule has 0 aromatic heterocycles. The van der Waals surface area contributed by atoms with Gasteiger partial charge in [-0.3, -0.25) is 0 Å². The molecule has 1 aromatic carbocycles. The largest absolute Gasteiger partial charge is 0.494 e. The Balaban J connectivity index is 2.12. The van der Waals surface area contributed by atoms with E-state index in [2.05, 4.69) is 26.1 Å². The van der Waals surface area contributed by atoms with E-state index < -0.39 is 0 Å². The van der Waals surface area contributed by atoms with Crippen molar-refractivity contribution >= 4 is 0 Å². The highest BCUT2D eigenvalue weighted by molar-refractivity contribution is 5.31. The Morgan fingerprint density at radius 3 is 2.76 bits per heavy atom. The first-order chi connectivity index (χ1) is 9.90. The van der Waals surface area contributed by atoms with Crippen molar-refractivity contribution in [2.45, 2.75) is 45.3 Å². The van der Waals surface area contributed by atoms with Crippen molar-refractivity contribution in [3.05, 3.63) is 29.6 Å². The van der Waals surface area contributed by atoms with Crippen molar-refractivity contribution in [3.8, 4) is 5.75 Å². The maximum Gasteiger partial charge on any atom is 0.165 e. The number of methoxy groups -OCH3 is 1. The van der Waals surface area contributed by atoms with Gasteiger partial charge >= 0.3 is 0 Å². The van der Waals surface area contributed by atoms with E-state index in [-0.39, 0.29) is 23.2 Å². The zero-order valence-electron chi connectivity index (χ0n) is 13.4. The van der Waals surface area contributed by atoms with Crippen LogP contribution >= 0.6 is 0 Å². The summed E-state index contributed by atoms with van der Waals surface area (Å²) in [5.74, 6) is 0.316. The molecule has 4 heteroatoms. The van der Waals surface area contributed by atoms with Gasteiger partial charge in [0.2, 0.25) is 0 Å². The van der Waals surface area contributed by atoms with Crippen LogP contribution in [-0.4, -0.2) is 25.8 Å². The molecule has 0 aliphatic carbocycles. The maximum absolute atomic E-state index is 13.9. The van der Waals surface area contributed by atoms with Crippen LogP contribution in [0.5, 0.6) is 5.75 Å². The lowest BCUT2D eigenvalue weighted by Crippen LogP contribution is -2.41. The molecular formula is C17H26FNO2. The molecule has 0 saturated carbocycles. The van der Waals surface area contributed by atoms with Gasteiger partial charge in [-0.25, -0.2) is 4.39 Å². The quantitative estimate of drug-likeness (QED) is 0.919. The predicted molar refractivity (Wildman–Crippen MR) is 82.1 cm³/mol. The van der Waals surface area contributed by atoms with E-state index in [0.29, 0.717) is 5.92 Å². The Morgan fingerprint density at radius 2 is 2.14 bits per heavy atom. The van der Waals surface area contributed by atoms with Gasteiger partial charge in [-0.15, -0.1) is 0 Å². The summed E-state index contributed by atoms with van der Waals surface area (Å²) < 4.78 is 24.8. The van der Waals surface area contributed by atoms with Crippen molar-refractivity contribution < 1.29 is 13.9 Å². The summed E-state index contributed by atoms with van der Waals surface area (Å²) in [6.45, 7) is 8.07. The van der Waals surface area contributed by atoms with Crippen LogP contribution in [0.25, 0.3) is 0 Å². The molecule has 0 radical (unpaired) electrons. The van der Waals surface area contributed by atoms with Gasteiger partial charge in [0.05, 0.1) is 13.2 Å². The van der Waals surface area contributed by atoms with Crippen LogP contribution in [0.1, 0.15) is 45.3 Å². The van der Waals surface area contributed by atoms with Crippen LogP contribution in [0.4, 0.5) is 4.39 Å². The van der Waals surface area contributed by atoms with Crippen molar-refractivity contribution in [2.24, 2.45) is 5.92 Å². The average Bonchev–Trinajstić information content (AvgIpc) is 2.44. The van der Waals surface area contributed by atoms with Gasteiger partial charge in [0.15, 0.2) is 11.6 Å². The Labute approximate surface area is 126 Å². The molecule has 2 unspecified atom stereocenters. The summed E-state index contributed by atoms with van der Waals surface area (Å²) in [4.78, 5) is 0. The molecule has 0 bridgehead atoms. The number of ether oxygens (including phenoxy) is 2. The SMILES string of the molecule is COc1ccc(C2OCCCC2CNC(C)(C)C)cc1F. The fourth-order valence-electron chi connectivity index (χ4n) is 2.72. The molecule has 1 fully saturated rings. The second-order valence-electron chi connectivity index (χ2n) is 6.72. The van der Waals surface area contributed by atoms with E-state index in [9.17, 15) is 4.39 Å². The molecule has 2 rings (SSSR count). The molecule has 0 spiro atoms. The molecule has 1 aromatic rings. The van der Waals surface area contributed by atoms with Crippen LogP contribution in [-0.2, 0) is 4.74 Å². The highest BCUT2D eigenvalue weighted by Gasteiger charge is 2.29. The Kier molecular flexibility index (Phi) is 5.22. The lowest BCUT2D eigenvalue weighted by Gasteiger charge is -2.34. The minimum absolute atomic E-state index is 0.0472. The highest BCUT2D eigenvalue weighted by atomic mass is 19.1. The summed E-state index contributed by atoms with van der Waals surface area (Å²) in [6, 6.07) is 5.12. The number of benzene rings is 1. The highest BCUT2D eigenvalue weighted by Crippen LogP contribution is 2.35. The predicted octanol–water partition coefficient (Wildman–Crippen LogP) is 3.69. The normalized spacial score (nSPS) is 23.1. The Morgan fingerprint density at radius 1 is 1.38 bits per heavy atom. The maximum atomic E-state index is 13.9. The molecule has 0 amide bonds. The third kappa shape index (κ3) is 4.42. The van der Waals surface area contributed by atoms with E-state index in [0.717, 1.165) is 31.6 Å². The molecule has 1 aliphatic heterocycles. The zero-order chi connectivity index (χ0) is 15.5. The summed E-state index contributed by atoms with van der Waals surface area (Å²) in [5, 5.41) is 3.53. The van der Waals surface area contributed by atoms with Crippen molar-refractivity contribution in [1.29, 1.82) is 0 Å². The summed E-state index contributed by atoms with van der Waals surface area (Å²) in [7, 11) is 1.48. The summed E-state index contributed by atoms with van der Waals surface area (Å²) in [6.07, 6.45) is 2.11. The van der Waals surface area contributed by atoms with Crippen molar-refractivity contribution in [2.75, 3.05) is 20.3 Å². The Bertz CT molecular complexity index is 470. The van der Waals surface area contributed by atoms with Gasteiger partial charge in [0.25, 0.3) is 0 Å². The molecule has 1 N–H and O–H groups in total. The molecule has 3 nitrogen and oxygen atoms in total. The first kappa shape index (κ1) is 16.2. The standard InChI is InChI=1S/C17H26FNO2/c1-17(2,3)19-11-13-6-5-9-21-16(13)12-7-8-15(20-4)14(18)10-12/h7-8,10,13,16,19H,5-6,9,11H2,1-4H3. The lowest BCUT2D eigenvalue weighted by atomic mass is 9.88. The molecule has 1 heterocycles. The van der Waals surface area contributed by atoms with E-state index >= 15 is 0 Å². The van der Waals surface area contributed by atoms with Gasteiger partial charge in [-0.2, -0.15) is 0 Å². The third-order valence-electron chi connectivity index (χ3n) is 3.84. The van der Waals surface area contributed by atoms with E-state index in [1.54, 1.807) is 12.1 Å². The van der Waals surface area contributed by atoms with Crippen molar-refractivity contribution in [3.63, 3.8) is 0 Å². The van der Waals surface area contributed by atoms with Gasteiger partial charge in [-0.05, 0) is 51.3 Å². The molecule has 118 valence electrons. The molecule has 1 aliphatic rings. The molecule has 2 atom stereocenters. The molecule has 1 saturated heterocycles. The minimum Gasteiger partial charge on any atom is -0.494 e. The van der Waals surface area contributed by atoms with Crippen LogP contribution in [0.15, 0.2) is 18.2 Å². The fourth-order valence-corrected chi connectivity index (χ4v) is 2.72. The summed E-state index contributed by atoms with van der Waals surface area (Å²) >= 11 is 0. The lowest BCUT2D eigenvalue weighted by molar-refractivity contribution is -0.0294. The van der Waals surface area contributed by atoms with Gasteiger partial charge in [-0.1, -0.05) is 6.07 Å². The van der Waals surface area contributed by atoms with Crippen LogP contribution in [0.3, 0.4) is 0 Å². The number of nitrogens with one attached hydrogen (secondary N) is 1. The van der Waals surface area contributed by atoms with Crippen LogP contribution < -0.4 is 10.1 Å². The molecule has 21 heavy (non-hydrogen) atoms.